The third kappa shape index (κ3) is 3.75. The van der Waals surface area contributed by atoms with Crippen LogP contribution in [0.5, 0.6) is 0 Å². The van der Waals surface area contributed by atoms with E-state index in [-0.39, 0.29) is 18.6 Å². The van der Waals surface area contributed by atoms with Gasteiger partial charge in [-0.25, -0.2) is 0 Å². The van der Waals surface area contributed by atoms with Crippen molar-refractivity contribution in [2.75, 3.05) is 46.0 Å². The van der Waals surface area contributed by atoms with E-state index in [4.69, 9.17) is 4.74 Å². The van der Waals surface area contributed by atoms with Crippen LogP contribution < -0.4 is 0 Å². The minimum atomic E-state index is -1.06. The van der Waals surface area contributed by atoms with Crippen molar-refractivity contribution in [3.8, 4) is 0 Å². The number of hydrogen-bond acceptors (Lipinski definition) is 6. The summed E-state index contributed by atoms with van der Waals surface area (Å²) in [7, 11) is 0. The molecule has 1 aromatic rings. The summed E-state index contributed by atoms with van der Waals surface area (Å²) in [6.07, 6.45) is 4.24. The highest BCUT2D eigenvalue weighted by atomic mass is 16.5. The third-order valence-corrected chi connectivity index (χ3v) is 4.95. The number of aromatic nitrogens is 1. The van der Waals surface area contributed by atoms with Crippen molar-refractivity contribution in [3.05, 3.63) is 30.1 Å². The van der Waals surface area contributed by atoms with Crippen LogP contribution in [-0.2, 0) is 9.53 Å². The van der Waals surface area contributed by atoms with Gasteiger partial charge in [0, 0.05) is 38.6 Å². The Bertz CT molecular complexity index is 540. The highest BCUT2D eigenvalue weighted by Crippen LogP contribution is 2.28. The molecule has 2 saturated heterocycles. The molecule has 2 aliphatic rings. The number of aliphatic hydroxyl groups is 2. The second-order valence-electron chi connectivity index (χ2n) is 6.54. The zero-order valence-corrected chi connectivity index (χ0v) is 13.8. The van der Waals surface area contributed by atoms with E-state index in [2.05, 4.69) is 9.88 Å². The van der Waals surface area contributed by atoms with E-state index in [1.54, 1.807) is 17.3 Å². The second-order valence-corrected chi connectivity index (χ2v) is 6.54. The van der Waals surface area contributed by atoms with Gasteiger partial charge in [-0.05, 0) is 24.5 Å². The molecule has 0 aliphatic carbocycles. The molecular weight excluding hydrogens is 310 g/mol. The maximum atomic E-state index is 13.2. The molecular formula is C17H25N3O4. The van der Waals surface area contributed by atoms with E-state index in [0.29, 0.717) is 52.2 Å². The lowest BCUT2D eigenvalue weighted by Crippen LogP contribution is -2.52. The number of carbonyl (C=O) groups excluding carboxylic acids is 1. The van der Waals surface area contributed by atoms with Crippen LogP contribution in [0.3, 0.4) is 0 Å². The summed E-state index contributed by atoms with van der Waals surface area (Å²) >= 11 is 0. The Hall–Kier alpha value is -1.54. The first kappa shape index (κ1) is 17.3. The first-order valence-electron chi connectivity index (χ1n) is 8.47. The summed E-state index contributed by atoms with van der Waals surface area (Å²) in [4.78, 5) is 21.3. The van der Waals surface area contributed by atoms with Gasteiger partial charge in [-0.2, -0.15) is 0 Å². The van der Waals surface area contributed by atoms with Gasteiger partial charge in [0.05, 0.1) is 25.4 Å². The van der Waals surface area contributed by atoms with Crippen molar-refractivity contribution in [3.63, 3.8) is 0 Å². The Morgan fingerprint density at radius 1 is 1.29 bits per heavy atom. The van der Waals surface area contributed by atoms with Crippen LogP contribution in [0, 0.1) is 0 Å². The topological polar surface area (TPSA) is 86.1 Å². The van der Waals surface area contributed by atoms with Gasteiger partial charge in [-0.15, -0.1) is 0 Å². The van der Waals surface area contributed by atoms with Crippen molar-refractivity contribution in [1.29, 1.82) is 0 Å². The molecule has 0 radical (unpaired) electrons. The van der Waals surface area contributed by atoms with Crippen LogP contribution in [0.25, 0.3) is 0 Å². The van der Waals surface area contributed by atoms with Crippen molar-refractivity contribution in [2.24, 2.45) is 0 Å². The Balaban J connectivity index is 1.77. The molecule has 2 fully saturated rings. The van der Waals surface area contributed by atoms with Crippen molar-refractivity contribution < 1.29 is 19.7 Å². The van der Waals surface area contributed by atoms with Crippen molar-refractivity contribution in [1.82, 2.24) is 14.8 Å². The highest BCUT2D eigenvalue weighted by molar-refractivity contribution is 5.83. The van der Waals surface area contributed by atoms with Crippen LogP contribution in [-0.4, -0.2) is 82.5 Å². The maximum Gasteiger partial charge on any atom is 0.244 e. The Kier molecular flexibility index (Phi) is 5.45. The van der Waals surface area contributed by atoms with Crippen molar-refractivity contribution >= 4 is 5.91 Å². The highest BCUT2D eigenvalue weighted by Gasteiger charge is 2.37. The number of pyridine rings is 1. The minimum Gasteiger partial charge on any atom is -0.393 e. The van der Waals surface area contributed by atoms with Gasteiger partial charge in [0.15, 0.2) is 0 Å². The number of piperidine rings is 1. The monoisotopic (exact) mass is 335 g/mol. The molecule has 1 atom stereocenters. The molecule has 1 aromatic heterocycles. The van der Waals surface area contributed by atoms with E-state index < -0.39 is 5.60 Å². The molecule has 2 N–H and O–H groups in total. The lowest BCUT2D eigenvalue weighted by molar-refractivity contribution is -0.144. The number of likely N-dealkylation sites (tertiary alicyclic amines) is 1. The molecule has 3 rings (SSSR count). The van der Waals surface area contributed by atoms with E-state index in [0.717, 1.165) is 5.56 Å². The van der Waals surface area contributed by atoms with Crippen LogP contribution in [0.4, 0.5) is 0 Å². The first-order valence-corrected chi connectivity index (χ1v) is 8.47. The number of morpholine rings is 1. The largest absolute Gasteiger partial charge is 0.393 e. The molecule has 0 spiro atoms. The fraction of sp³-hybridized carbons (Fsp3) is 0.647. The third-order valence-electron chi connectivity index (χ3n) is 4.95. The lowest BCUT2D eigenvalue weighted by Gasteiger charge is -2.41. The van der Waals surface area contributed by atoms with Gasteiger partial charge in [0.1, 0.15) is 6.04 Å². The molecule has 132 valence electrons. The SMILES string of the molecule is O=C(C(c1cccnc1)N1CCOCC1)N1CCC(O)(CO)CC1. The quantitative estimate of drug-likeness (QED) is 0.793. The van der Waals surface area contributed by atoms with Crippen LogP contribution in [0.2, 0.25) is 0 Å². The van der Waals surface area contributed by atoms with Gasteiger partial charge in [0.2, 0.25) is 5.91 Å². The zero-order chi connectivity index (χ0) is 17.0. The van der Waals surface area contributed by atoms with Gasteiger partial charge in [-0.1, -0.05) is 6.07 Å². The summed E-state index contributed by atoms with van der Waals surface area (Å²) in [6, 6.07) is 3.40. The predicted octanol–water partition coefficient (Wildman–Crippen LogP) is -0.199. The molecule has 7 nitrogen and oxygen atoms in total. The van der Waals surface area contributed by atoms with Gasteiger partial charge in [-0.3, -0.25) is 14.7 Å². The summed E-state index contributed by atoms with van der Waals surface area (Å²) in [5.74, 6) is 0.0323. The number of amides is 1. The fourth-order valence-corrected chi connectivity index (χ4v) is 3.36. The summed E-state index contributed by atoms with van der Waals surface area (Å²) in [5, 5.41) is 19.4. The second kappa shape index (κ2) is 7.57. The van der Waals surface area contributed by atoms with E-state index >= 15 is 0 Å². The number of ether oxygens (including phenoxy) is 1. The molecule has 2 aliphatic heterocycles. The number of carbonyl (C=O) groups is 1. The Labute approximate surface area is 141 Å². The fourth-order valence-electron chi connectivity index (χ4n) is 3.36. The molecule has 1 unspecified atom stereocenters. The van der Waals surface area contributed by atoms with Gasteiger partial charge < -0.3 is 19.8 Å². The zero-order valence-electron chi connectivity index (χ0n) is 13.8. The number of hydrogen-bond donors (Lipinski definition) is 2. The average molecular weight is 335 g/mol. The van der Waals surface area contributed by atoms with Crippen LogP contribution in [0.15, 0.2) is 24.5 Å². The van der Waals surface area contributed by atoms with E-state index in [1.807, 2.05) is 12.1 Å². The summed E-state index contributed by atoms with van der Waals surface area (Å²) in [6.45, 7) is 3.31. The first-order chi connectivity index (χ1) is 11.6. The van der Waals surface area contributed by atoms with Gasteiger partial charge in [0.25, 0.3) is 0 Å². The Morgan fingerprint density at radius 3 is 2.58 bits per heavy atom. The number of aliphatic hydroxyl groups excluding tert-OH is 1. The smallest absolute Gasteiger partial charge is 0.244 e. The number of rotatable bonds is 4. The molecule has 0 bridgehead atoms. The van der Waals surface area contributed by atoms with Crippen LogP contribution in [0.1, 0.15) is 24.4 Å². The molecule has 0 aromatic carbocycles. The minimum absolute atomic E-state index is 0.0323. The molecule has 24 heavy (non-hydrogen) atoms. The normalized spacial score (nSPS) is 23.0. The van der Waals surface area contributed by atoms with Crippen LogP contribution >= 0.6 is 0 Å². The predicted molar refractivity (Wildman–Crippen MR) is 87.2 cm³/mol. The molecule has 1 amide bonds. The number of nitrogens with zero attached hydrogens (tertiary/aromatic N) is 3. The molecule has 0 saturated carbocycles. The molecule has 3 heterocycles. The average Bonchev–Trinajstić information content (AvgIpc) is 2.64. The Morgan fingerprint density at radius 2 is 2.00 bits per heavy atom. The van der Waals surface area contributed by atoms with E-state index in [9.17, 15) is 15.0 Å². The van der Waals surface area contributed by atoms with Gasteiger partial charge >= 0.3 is 0 Å². The lowest BCUT2D eigenvalue weighted by atomic mass is 9.91. The maximum absolute atomic E-state index is 13.2. The van der Waals surface area contributed by atoms with Crippen molar-refractivity contribution in [2.45, 2.75) is 24.5 Å². The summed E-state index contributed by atoms with van der Waals surface area (Å²) < 4.78 is 5.41. The molecule has 7 heteroatoms. The standard InChI is InChI=1S/C17H25N3O4/c21-13-17(23)3-6-20(7-4-17)16(22)15(14-2-1-5-18-12-14)19-8-10-24-11-9-19/h1-2,5,12,15,21,23H,3-4,6-11,13H2. The summed E-state index contributed by atoms with van der Waals surface area (Å²) in [5.41, 5.74) is -0.174. The van der Waals surface area contributed by atoms with E-state index in [1.165, 1.54) is 0 Å².